The quantitative estimate of drug-likeness (QED) is 0.665. The number of carbonyl (C=O) groups is 2. The lowest BCUT2D eigenvalue weighted by Gasteiger charge is -2.29. The Hall–Kier alpha value is -0.900. The average Bonchev–Trinajstić information content (AvgIpc) is 2.38. The van der Waals surface area contributed by atoms with Crippen molar-refractivity contribution < 1.29 is 19.8 Å². The van der Waals surface area contributed by atoms with Gasteiger partial charge in [-0.05, 0) is 25.7 Å². The number of aliphatic hydroxyl groups is 1. The van der Waals surface area contributed by atoms with Crippen LogP contribution in [0.1, 0.15) is 64.7 Å². The van der Waals surface area contributed by atoms with E-state index in [0.717, 1.165) is 12.8 Å². The van der Waals surface area contributed by atoms with Crippen molar-refractivity contribution in [2.45, 2.75) is 70.8 Å². The van der Waals surface area contributed by atoms with Crippen molar-refractivity contribution in [3.05, 3.63) is 0 Å². The predicted octanol–water partition coefficient (Wildman–Crippen LogP) is 2.78. The Kier molecular flexibility index (Phi) is 7.06. The van der Waals surface area contributed by atoms with Crippen LogP contribution in [0, 0.1) is 11.8 Å². The van der Waals surface area contributed by atoms with Gasteiger partial charge in [-0.25, -0.2) is 0 Å². The van der Waals surface area contributed by atoms with Gasteiger partial charge in [0.2, 0.25) is 0 Å². The van der Waals surface area contributed by atoms with E-state index in [1.165, 1.54) is 19.3 Å². The van der Waals surface area contributed by atoms with Gasteiger partial charge in [-0.1, -0.05) is 32.6 Å². The lowest BCUT2D eigenvalue weighted by atomic mass is 9.77. The van der Waals surface area contributed by atoms with E-state index in [4.69, 9.17) is 5.11 Å². The molecule has 0 aliphatic heterocycles. The Morgan fingerprint density at radius 3 is 2.42 bits per heavy atom. The fraction of sp³-hybridized carbons (Fsp3) is 0.867. The van der Waals surface area contributed by atoms with E-state index in [1.807, 2.05) is 0 Å². The summed E-state index contributed by atoms with van der Waals surface area (Å²) in [5.74, 6) is -1.71. The highest BCUT2D eigenvalue weighted by Gasteiger charge is 2.36. The molecule has 1 saturated carbocycles. The van der Waals surface area contributed by atoms with E-state index in [9.17, 15) is 14.7 Å². The molecule has 0 bridgehead atoms. The van der Waals surface area contributed by atoms with Crippen LogP contribution in [-0.2, 0) is 9.59 Å². The summed E-state index contributed by atoms with van der Waals surface area (Å²) in [5.41, 5.74) is 0. The topological polar surface area (TPSA) is 74.6 Å². The first kappa shape index (κ1) is 16.2. The molecule has 1 aliphatic rings. The van der Waals surface area contributed by atoms with Gasteiger partial charge in [0, 0.05) is 12.3 Å². The maximum absolute atomic E-state index is 12.0. The van der Waals surface area contributed by atoms with Gasteiger partial charge in [0.1, 0.15) is 5.78 Å². The number of aliphatic hydroxyl groups excluding tert-OH is 1. The minimum atomic E-state index is -0.979. The van der Waals surface area contributed by atoms with Crippen molar-refractivity contribution in [2.24, 2.45) is 11.8 Å². The van der Waals surface area contributed by atoms with Gasteiger partial charge in [-0.3, -0.25) is 9.59 Å². The van der Waals surface area contributed by atoms with Gasteiger partial charge in [0.15, 0.2) is 0 Å². The molecule has 1 rings (SSSR count). The number of carbonyl (C=O) groups excluding carboxylic acids is 1. The third-order valence-electron chi connectivity index (χ3n) is 4.11. The number of rotatable bonds is 8. The summed E-state index contributed by atoms with van der Waals surface area (Å²) < 4.78 is 0. The Labute approximate surface area is 115 Å². The monoisotopic (exact) mass is 270 g/mol. The highest BCUT2D eigenvalue weighted by molar-refractivity contribution is 5.82. The van der Waals surface area contributed by atoms with E-state index >= 15 is 0 Å². The summed E-state index contributed by atoms with van der Waals surface area (Å²) in [6, 6.07) is 0. The van der Waals surface area contributed by atoms with Gasteiger partial charge in [0.25, 0.3) is 0 Å². The fourth-order valence-corrected chi connectivity index (χ4v) is 2.82. The minimum Gasteiger partial charge on any atom is -0.481 e. The van der Waals surface area contributed by atoms with Crippen molar-refractivity contribution in [2.75, 3.05) is 0 Å². The van der Waals surface area contributed by atoms with Gasteiger partial charge >= 0.3 is 5.97 Å². The standard InChI is InChI=1S/C15H26O4/c1-2-3-4-5-6-7-13(16)11-8-9-14(17)12(10-11)15(18)19/h11-12,14,17H,2-10H2,1H3,(H,18,19). The molecule has 1 aliphatic carbocycles. The summed E-state index contributed by atoms with van der Waals surface area (Å²) in [7, 11) is 0. The first-order valence-electron chi connectivity index (χ1n) is 7.49. The van der Waals surface area contributed by atoms with Crippen LogP contribution in [0.2, 0.25) is 0 Å². The van der Waals surface area contributed by atoms with Crippen molar-refractivity contribution in [1.82, 2.24) is 0 Å². The molecule has 1 fully saturated rings. The van der Waals surface area contributed by atoms with Crippen LogP contribution in [-0.4, -0.2) is 28.1 Å². The normalized spacial score (nSPS) is 27.2. The van der Waals surface area contributed by atoms with E-state index in [-0.39, 0.29) is 11.7 Å². The Bertz CT molecular complexity index is 301. The largest absolute Gasteiger partial charge is 0.481 e. The molecule has 3 unspecified atom stereocenters. The van der Waals surface area contributed by atoms with Crippen LogP contribution in [0.25, 0.3) is 0 Å². The van der Waals surface area contributed by atoms with Crippen LogP contribution in [0.4, 0.5) is 0 Å². The number of ketones is 1. The molecule has 0 amide bonds. The molecular formula is C15H26O4. The number of Topliss-reactive ketones (excluding diaryl/α,β-unsaturated/α-hetero) is 1. The molecule has 4 nitrogen and oxygen atoms in total. The highest BCUT2D eigenvalue weighted by Crippen LogP contribution is 2.31. The van der Waals surface area contributed by atoms with Crippen molar-refractivity contribution in [3.8, 4) is 0 Å². The predicted molar refractivity (Wildman–Crippen MR) is 72.9 cm³/mol. The lowest BCUT2D eigenvalue weighted by molar-refractivity contribution is -0.149. The summed E-state index contributed by atoms with van der Waals surface area (Å²) in [6.45, 7) is 2.16. The van der Waals surface area contributed by atoms with E-state index in [1.54, 1.807) is 0 Å². The fourth-order valence-electron chi connectivity index (χ4n) is 2.82. The molecule has 3 atom stereocenters. The molecule has 2 N–H and O–H groups in total. The number of hydrogen-bond donors (Lipinski definition) is 2. The van der Waals surface area contributed by atoms with Crippen molar-refractivity contribution in [1.29, 1.82) is 0 Å². The first-order valence-corrected chi connectivity index (χ1v) is 7.49. The molecule has 0 aromatic heterocycles. The molecule has 0 aromatic carbocycles. The van der Waals surface area contributed by atoms with Crippen LogP contribution in [0.5, 0.6) is 0 Å². The first-order chi connectivity index (χ1) is 9.06. The zero-order valence-corrected chi connectivity index (χ0v) is 11.8. The van der Waals surface area contributed by atoms with E-state index < -0.39 is 18.0 Å². The number of aliphatic carboxylic acids is 1. The van der Waals surface area contributed by atoms with E-state index in [0.29, 0.717) is 25.7 Å². The Balaban J connectivity index is 2.30. The molecule has 0 aromatic rings. The Morgan fingerprint density at radius 1 is 1.11 bits per heavy atom. The summed E-state index contributed by atoms with van der Waals surface area (Å²) in [4.78, 5) is 23.0. The maximum Gasteiger partial charge on any atom is 0.309 e. The molecule has 110 valence electrons. The SMILES string of the molecule is CCCCCCCC(=O)C1CCC(O)C(C(=O)O)C1. The number of carboxylic acid groups (broad SMARTS) is 1. The second-order valence-corrected chi connectivity index (χ2v) is 5.65. The van der Waals surface area contributed by atoms with Gasteiger partial charge in [-0.15, -0.1) is 0 Å². The molecule has 4 heteroatoms. The zero-order valence-electron chi connectivity index (χ0n) is 11.8. The minimum absolute atomic E-state index is 0.157. The summed E-state index contributed by atoms with van der Waals surface area (Å²) >= 11 is 0. The zero-order chi connectivity index (χ0) is 14.3. The van der Waals surface area contributed by atoms with Crippen LogP contribution >= 0.6 is 0 Å². The second-order valence-electron chi connectivity index (χ2n) is 5.65. The van der Waals surface area contributed by atoms with Crippen LogP contribution in [0.15, 0.2) is 0 Å². The van der Waals surface area contributed by atoms with Gasteiger partial charge in [-0.2, -0.15) is 0 Å². The van der Waals surface area contributed by atoms with Crippen molar-refractivity contribution >= 4 is 11.8 Å². The van der Waals surface area contributed by atoms with Gasteiger partial charge in [0.05, 0.1) is 12.0 Å². The average molecular weight is 270 g/mol. The lowest BCUT2D eigenvalue weighted by Crippen LogP contribution is -2.37. The van der Waals surface area contributed by atoms with Crippen LogP contribution < -0.4 is 0 Å². The third-order valence-corrected chi connectivity index (χ3v) is 4.11. The summed E-state index contributed by atoms with van der Waals surface area (Å²) in [5, 5.41) is 18.6. The molecule has 0 heterocycles. The van der Waals surface area contributed by atoms with Gasteiger partial charge < -0.3 is 10.2 Å². The smallest absolute Gasteiger partial charge is 0.309 e. The molecular weight excluding hydrogens is 244 g/mol. The maximum atomic E-state index is 12.0. The number of hydrogen-bond acceptors (Lipinski definition) is 3. The summed E-state index contributed by atoms with van der Waals surface area (Å²) in [6.07, 6.45) is 6.73. The highest BCUT2D eigenvalue weighted by atomic mass is 16.4. The number of unbranched alkanes of at least 4 members (excludes halogenated alkanes) is 4. The van der Waals surface area contributed by atoms with E-state index in [2.05, 4.69) is 6.92 Å². The Morgan fingerprint density at radius 2 is 1.79 bits per heavy atom. The van der Waals surface area contributed by atoms with Crippen molar-refractivity contribution in [3.63, 3.8) is 0 Å². The number of carboxylic acids is 1. The third kappa shape index (κ3) is 5.31. The second kappa shape index (κ2) is 8.31. The molecule has 19 heavy (non-hydrogen) atoms. The molecule has 0 saturated heterocycles. The van der Waals surface area contributed by atoms with Crippen LogP contribution in [0.3, 0.4) is 0 Å². The molecule has 0 radical (unpaired) electrons. The molecule has 0 spiro atoms.